The Morgan fingerprint density at radius 2 is 1.42 bits per heavy atom. The van der Waals surface area contributed by atoms with E-state index in [4.69, 9.17) is 4.74 Å². The summed E-state index contributed by atoms with van der Waals surface area (Å²) in [6.07, 6.45) is 4.06. The Morgan fingerprint density at radius 1 is 0.792 bits per heavy atom. The molecule has 24 heavy (non-hydrogen) atoms. The molecule has 2 aromatic carbocycles. The lowest BCUT2D eigenvalue weighted by Gasteiger charge is -2.04. The van der Waals surface area contributed by atoms with Crippen molar-refractivity contribution in [2.24, 2.45) is 0 Å². The molecule has 4 heteroatoms. The molecule has 0 fully saturated rings. The molecule has 2 aromatic heterocycles. The van der Waals surface area contributed by atoms with Gasteiger partial charge in [0.2, 0.25) is 0 Å². The van der Waals surface area contributed by atoms with Crippen LogP contribution in [0.25, 0.3) is 28.0 Å². The molecule has 0 aliphatic heterocycles. The van der Waals surface area contributed by atoms with Gasteiger partial charge in [0.05, 0.1) is 12.8 Å². The van der Waals surface area contributed by atoms with Gasteiger partial charge in [-0.25, -0.2) is 4.98 Å². The zero-order chi connectivity index (χ0) is 16.5. The molecule has 0 spiro atoms. The highest BCUT2D eigenvalue weighted by atomic mass is 79.9. The van der Waals surface area contributed by atoms with Crippen LogP contribution in [0.5, 0.6) is 5.75 Å². The van der Waals surface area contributed by atoms with Gasteiger partial charge < -0.3 is 9.14 Å². The van der Waals surface area contributed by atoms with Crippen molar-refractivity contribution in [1.29, 1.82) is 0 Å². The van der Waals surface area contributed by atoms with E-state index in [9.17, 15) is 0 Å². The van der Waals surface area contributed by atoms with Crippen molar-refractivity contribution >= 4 is 21.6 Å². The first-order valence-corrected chi connectivity index (χ1v) is 8.41. The van der Waals surface area contributed by atoms with Crippen LogP contribution in [0, 0.1) is 0 Å². The van der Waals surface area contributed by atoms with Crippen molar-refractivity contribution in [3.05, 3.63) is 77.5 Å². The normalized spacial score (nSPS) is 10.9. The molecule has 0 amide bonds. The third kappa shape index (κ3) is 2.81. The number of methoxy groups -OCH3 is 1. The van der Waals surface area contributed by atoms with Crippen LogP contribution in [0.2, 0.25) is 0 Å². The Balaban J connectivity index is 1.66. The molecule has 0 bridgehead atoms. The van der Waals surface area contributed by atoms with E-state index in [1.54, 1.807) is 7.11 Å². The molecule has 0 saturated heterocycles. The number of hydrogen-bond donors (Lipinski definition) is 0. The van der Waals surface area contributed by atoms with Crippen LogP contribution < -0.4 is 4.74 Å². The minimum atomic E-state index is 0.867. The zero-order valence-electron chi connectivity index (χ0n) is 13.1. The Labute approximate surface area is 148 Å². The highest BCUT2D eigenvalue weighted by Gasteiger charge is 2.05. The van der Waals surface area contributed by atoms with Gasteiger partial charge in [-0.1, -0.05) is 36.4 Å². The Kier molecular flexibility index (Phi) is 3.82. The fourth-order valence-electron chi connectivity index (χ4n) is 2.72. The first-order chi connectivity index (χ1) is 11.7. The standard InChI is InChI=1S/C20H15BrN2O/c1-24-18-9-6-15(7-10-18)14-2-4-16(5-3-14)19-13-23-12-17(21)8-11-20(23)22-19/h2-13H,1H3. The number of aromatic nitrogens is 2. The Hall–Kier alpha value is -2.59. The smallest absolute Gasteiger partial charge is 0.137 e. The van der Waals surface area contributed by atoms with Crippen LogP contribution in [0.1, 0.15) is 0 Å². The number of fused-ring (bicyclic) bond motifs is 1. The first kappa shape index (κ1) is 15.0. The lowest BCUT2D eigenvalue weighted by atomic mass is 10.0. The molecule has 4 aromatic rings. The van der Waals surface area contributed by atoms with Crippen LogP contribution >= 0.6 is 15.9 Å². The van der Waals surface area contributed by atoms with E-state index in [1.807, 2.05) is 41.1 Å². The number of hydrogen-bond acceptors (Lipinski definition) is 2. The Bertz CT molecular complexity index is 989. The van der Waals surface area contributed by atoms with Gasteiger partial charge in [0.1, 0.15) is 11.4 Å². The van der Waals surface area contributed by atoms with Gasteiger partial charge in [-0.2, -0.15) is 0 Å². The largest absolute Gasteiger partial charge is 0.497 e. The van der Waals surface area contributed by atoms with Crippen LogP contribution in [0.15, 0.2) is 77.5 Å². The number of rotatable bonds is 3. The van der Waals surface area contributed by atoms with Crippen LogP contribution in [0.4, 0.5) is 0 Å². The summed E-state index contributed by atoms with van der Waals surface area (Å²) in [5, 5.41) is 0. The number of ether oxygens (including phenoxy) is 1. The van der Waals surface area contributed by atoms with Crippen LogP contribution in [-0.4, -0.2) is 16.5 Å². The maximum Gasteiger partial charge on any atom is 0.137 e. The quantitative estimate of drug-likeness (QED) is 0.474. The average Bonchev–Trinajstić information content (AvgIpc) is 3.05. The fraction of sp³-hybridized carbons (Fsp3) is 0.0500. The minimum absolute atomic E-state index is 0.867. The van der Waals surface area contributed by atoms with Gasteiger partial charge in [-0.15, -0.1) is 0 Å². The zero-order valence-corrected chi connectivity index (χ0v) is 14.7. The van der Waals surface area contributed by atoms with Gasteiger partial charge in [0.25, 0.3) is 0 Å². The lowest BCUT2D eigenvalue weighted by Crippen LogP contribution is -1.83. The van der Waals surface area contributed by atoms with Crippen molar-refractivity contribution in [2.45, 2.75) is 0 Å². The molecule has 0 radical (unpaired) electrons. The van der Waals surface area contributed by atoms with Gasteiger partial charge in [-0.3, -0.25) is 0 Å². The molecule has 2 heterocycles. The second-order valence-electron chi connectivity index (χ2n) is 5.54. The first-order valence-electron chi connectivity index (χ1n) is 7.62. The summed E-state index contributed by atoms with van der Waals surface area (Å²) in [6.45, 7) is 0. The van der Waals surface area contributed by atoms with E-state index in [0.717, 1.165) is 27.1 Å². The number of halogens is 1. The highest BCUT2D eigenvalue weighted by molar-refractivity contribution is 9.10. The van der Waals surface area contributed by atoms with Crippen LogP contribution in [0.3, 0.4) is 0 Å². The predicted octanol–water partition coefficient (Wildman–Crippen LogP) is 5.44. The van der Waals surface area contributed by atoms with Crippen LogP contribution in [-0.2, 0) is 0 Å². The third-order valence-electron chi connectivity index (χ3n) is 4.02. The fourth-order valence-corrected chi connectivity index (χ4v) is 3.07. The number of pyridine rings is 1. The third-order valence-corrected chi connectivity index (χ3v) is 4.49. The van der Waals surface area contributed by atoms with Crippen molar-refractivity contribution in [1.82, 2.24) is 9.38 Å². The molecule has 0 saturated carbocycles. The minimum Gasteiger partial charge on any atom is -0.497 e. The molecule has 118 valence electrons. The number of nitrogens with zero attached hydrogens (tertiary/aromatic N) is 2. The maximum atomic E-state index is 5.21. The van der Waals surface area contributed by atoms with Gasteiger partial charge in [0.15, 0.2) is 0 Å². The van der Waals surface area contributed by atoms with E-state index in [2.05, 4.69) is 57.3 Å². The van der Waals surface area contributed by atoms with E-state index < -0.39 is 0 Å². The molecule has 3 nitrogen and oxygen atoms in total. The molecule has 0 aliphatic rings. The molecule has 0 atom stereocenters. The summed E-state index contributed by atoms with van der Waals surface area (Å²) >= 11 is 3.49. The number of benzene rings is 2. The summed E-state index contributed by atoms with van der Waals surface area (Å²) < 4.78 is 8.27. The molecule has 4 rings (SSSR count). The van der Waals surface area contributed by atoms with E-state index >= 15 is 0 Å². The van der Waals surface area contributed by atoms with Crippen molar-refractivity contribution in [2.75, 3.05) is 7.11 Å². The predicted molar refractivity (Wildman–Crippen MR) is 100 cm³/mol. The summed E-state index contributed by atoms with van der Waals surface area (Å²) in [4.78, 5) is 4.67. The monoisotopic (exact) mass is 378 g/mol. The molecular weight excluding hydrogens is 364 g/mol. The summed E-state index contributed by atoms with van der Waals surface area (Å²) in [5.41, 5.74) is 5.35. The average molecular weight is 379 g/mol. The second-order valence-corrected chi connectivity index (χ2v) is 6.46. The molecule has 0 aliphatic carbocycles. The van der Waals surface area contributed by atoms with E-state index in [1.165, 1.54) is 11.1 Å². The SMILES string of the molecule is COc1ccc(-c2ccc(-c3cn4cc(Br)ccc4n3)cc2)cc1. The topological polar surface area (TPSA) is 26.5 Å². The maximum absolute atomic E-state index is 5.21. The molecular formula is C20H15BrN2O. The second kappa shape index (κ2) is 6.13. The van der Waals surface area contributed by atoms with Crippen molar-refractivity contribution in [3.8, 4) is 28.1 Å². The summed E-state index contributed by atoms with van der Waals surface area (Å²) in [5.74, 6) is 0.867. The van der Waals surface area contributed by atoms with Gasteiger partial charge in [-0.05, 0) is 51.3 Å². The summed E-state index contributed by atoms with van der Waals surface area (Å²) in [6, 6.07) is 20.5. The Morgan fingerprint density at radius 3 is 2.08 bits per heavy atom. The molecule has 0 N–H and O–H groups in total. The summed E-state index contributed by atoms with van der Waals surface area (Å²) in [7, 11) is 1.68. The van der Waals surface area contributed by atoms with Gasteiger partial charge in [0, 0.05) is 22.4 Å². The highest BCUT2D eigenvalue weighted by Crippen LogP contribution is 2.26. The van der Waals surface area contributed by atoms with Crippen molar-refractivity contribution in [3.63, 3.8) is 0 Å². The molecule has 0 unspecified atom stereocenters. The van der Waals surface area contributed by atoms with E-state index in [0.29, 0.717) is 0 Å². The van der Waals surface area contributed by atoms with E-state index in [-0.39, 0.29) is 0 Å². The van der Waals surface area contributed by atoms with Crippen molar-refractivity contribution < 1.29 is 4.74 Å². The lowest BCUT2D eigenvalue weighted by molar-refractivity contribution is 0.415. The van der Waals surface area contributed by atoms with Gasteiger partial charge >= 0.3 is 0 Å². The number of imidazole rings is 1.